The molecule has 0 saturated carbocycles. The van der Waals surface area contributed by atoms with E-state index in [4.69, 9.17) is 14.2 Å². The molecule has 0 aromatic rings. The zero-order chi connectivity index (χ0) is 46.1. The number of carbonyl (C=O) groups is 3. The molecule has 0 aliphatic rings. The van der Waals surface area contributed by atoms with Crippen LogP contribution in [0.5, 0.6) is 0 Å². The summed E-state index contributed by atoms with van der Waals surface area (Å²) < 4.78 is 16.9. The van der Waals surface area contributed by atoms with Crippen LogP contribution in [0.1, 0.15) is 317 Å². The van der Waals surface area contributed by atoms with E-state index in [9.17, 15) is 14.4 Å². The van der Waals surface area contributed by atoms with Crippen molar-refractivity contribution >= 4 is 17.9 Å². The smallest absolute Gasteiger partial charge is 0.306 e. The number of ether oxygens (including phenoxy) is 3. The normalized spacial score (nSPS) is 12.5. The lowest BCUT2D eigenvalue weighted by atomic mass is 9.99. The van der Waals surface area contributed by atoms with Gasteiger partial charge in [0.05, 0.1) is 0 Å². The minimum absolute atomic E-state index is 0.0629. The van der Waals surface area contributed by atoms with Crippen LogP contribution in [0, 0.1) is 11.8 Å². The van der Waals surface area contributed by atoms with Gasteiger partial charge >= 0.3 is 17.9 Å². The third-order valence-electron chi connectivity index (χ3n) is 13.3. The molecule has 0 aliphatic carbocycles. The second-order valence-corrected chi connectivity index (χ2v) is 20.3. The number of rotatable bonds is 51. The molecule has 2 atom stereocenters. The number of hydrogen-bond acceptors (Lipinski definition) is 6. The van der Waals surface area contributed by atoms with E-state index in [-0.39, 0.29) is 31.1 Å². The van der Waals surface area contributed by atoms with Crippen molar-refractivity contribution in [1.82, 2.24) is 0 Å². The Hall–Kier alpha value is -1.59. The summed E-state index contributed by atoms with van der Waals surface area (Å²) in [6, 6.07) is 0. The van der Waals surface area contributed by atoms with Gasteiger partial charge in [-0.25, -0.2) is 0 Å². The third kappa shape index (κ3) is 49.7. The Bertz CT molecular complexity index is 964. The van der Waals surface area contributed by atoms with E-state index in [1.165, 1.54) is 205 Å². The van der Waals surface area contributed by atoms with Gasteiger partial charge in [-0.2, -0.15) is 0 Å². The molecule has 1 unspecified atom stereocenters. The lowest BCUT2D eigenvalue weighted by molar-refractivity contribution is -0.167. The predicted molar refractivity (Wildman–Crippen MR) is 270 cm³/mol. The molecule has 0 heterocycles. The molecule has 0 spiro atoms. The lowest BCUT2D eigenvalue weighted by Gasteiger charge is -2.18. The molecule has 6 heteroatoms. The minimum Gasteiger partial charge on any atom is -0.462 e. The lowest BCUT2D eigenvalue weighted by Crippen LogP contribution is -2.30. The highest BCUT2D eigenvalue weighted by molar-refractivity contribution is 5.71. The molecule has 0 radical (unpaired) electrons. The monoisotopic (exact) mass is 891 g/mol. The number of hydrogen-bond donors (Lipinski definition) is 0. The zero-order valence-electron chi connectivity index (χ0n) is 43.2. The van der Waals surface area contributed by atoms with Crippen molar-refractivity contribution in [3.8, 4) is 0 Å². The Morgan fingerprint density at radius 1 is 0.333 bits per heavy atom. The van der Waals surface area contributed by atoms with E-state index in [2.05, 4.69) is 34.6 Å². The Balaban J connectivity index is 4.32. The van der Waals surface area contributed by atoms with Crippen LogP contribution in [0.15, 0.2) is 0 Å². The SMILES string of the molecule is CCCCCCCCCCCCCCCCCC(=O)OC[C@H](COC(=O)CCCCCCCCCCCCC(C)CC)OC(=O)CCCCCCCCCCCCCCCC(C)C. The van der Waals surface area contributed by atoms with Crippen molar-refractivity contribution in [3.63, 3.8) is 0 Å². The van der Waals surface area contributed by atoms with Gasteiger partial charge < -0.3 is 14.2 Å². The van der Waals surface area contributed by atoms with Gasteiger partial charge in [-0.05, 0) is 31.1 Å². The summed E-state index contributed by atoms with van der Waals surface area (Å²) in [5.74, 6) is 0.867. The summed E-state index contributed by atoms with van der Waals surface area (Å²) in [5.41, 5.74) is 0. The van der Waals surface area contributed by atoms with E-state index >= 15 is 0 Å². The van der Waals surface area contributed by atoms with Gasteiger partial charge in [-0.15, -0.1) is 0 Å². The van der Waals surface area contributed by atoms with E-state index < -0.39 is 6.10 Å². The van der Waals surface area contributed by atoms with Crippen molar-refractivity contribution in [3.05, 3.63) is 0 Å². The molecule has 6 nitrogen and oxygen atoms in total. The molecule has 0 aromatic heterocycles. The van der Waals surface area contributed by atoms with Crippen LogP contribution in [0.4, 0.5) is 0 Å². The van der Waals surface area contributed by atoms with Gasteiger partial charge in [0.25, 0.3) is 0 Å². The first-order valence-corrected chi connectivity index (χ1v) is 28.3. The number of carbonyl (C=O) groups excluding carboxylic acids is 3. The molecule has 0 amide bonds. The fourth-order valence-corrected chi connectivity index (χ4v) is 8.66. The van der Waals surface area contributed by atoms with Gasteiger partial charge in [-0.3, -0.25) is 14.4 Å². The number of unbranched alkanes of at least 4 members (excludes halogenated alkanes) is 35. The maximum Gasteiger partial charge on any atom is 0.306 e. The van der Waals surface area contributed by atoms with Crippen LogP contribution in [-0.4, -0.2) is 37.2 Å². The first-order chi connectivity index (χ1) is 30.8. The van der Waals surface area contributed by atoms with Crippen LogP contribution >= 0.6 is 0 Å². The van der Waals surface area contributed by atoms with Crippen molar-refractivity contribution in [2.45, 2.75) is 323 Å². The topological polar surface area (TPSA) is 78.9 Å². The standard InChI is InChI=1S/C57H110O6/c1-6-8-9-10-11-12-13-14-15-18-21-27-32-37-42-47-55(58)61-50-54(51-62-56(59)48-43-38-33-28-24-23-26-31-36-41-46-53(5)7-2)63-57(60)49-44-39-34-29-22-19-16-17-20-25-30-35-40-45-52(3)4/h52-54H,6-51H2,1-5H3/t53?,54-/m1/s1. The van der Waals surface area contributed by atoms with Crippen LogP contribution in [0.25, 0.3) is 0 Å². The average Bonchev–Trinajstić information content (AvgIpc) is 3.27. The predicted octanol–water partition coefficient (Wildman–Crippen LogP) is 18.5. The Morgan fingerprint density at radius 2 is 0.603 bits per heavy atom. The van der Waals surface area contributed by atoms with Crippen molar-refractivity contribution in [2.24, 2.45) is 11.8 Å². The quantitative estimate of drug-likeness (QED) is 0.0344. The third-order valence-corrected chi connectivity index (χ3v) is 13.3. The average molecular weight is 892 g/mol. The summed E-state index contributed by atoms with van der Waals surface area (Å²) in [7, 11) is 0. The number of esters is 3. The van der Waals surface area contributed by atoms with Crippen LogP contribution in [-0.2, 0) is 28.6 Å². The highest BCUT2D eigenvalue weighted by Gasteiger charge is 2.19. The largest absolute Gasteiger partial charge is 0.462 e. The van der Waals surface area contributed by atoms with Gasteiger partial charge in [0.1, 0.15) is 13.2 Å². The second kappa shape index (κ2) is 49.8. The van der Waals surface area contributed by atoms with E-state index in [1.807, 2.05) is 0 Å². The summed E-state index contributed by atoms with van der Waals surface area (Å²) in [6.45, 7) is 11.4. The van der Waals surface area contributed by atoms with Crippen molar-refractivity contribution in [2.75, 3.05) is 13.2 Å². The van der Waals surface area contributed by atoms with Crippen LogP contribution in [0.3, 0.4) is 0 Å². The van der Waals surface area contributed by atoms with E-state index in [0.717, 1.165) is 69.6 Å². The van der Waals surface area contributed by atoms with E-state index in [0.29, 0.717) is 19.3 Å². The molecule has 0 aliphatic heterocycles. The zero-order valence-corrected chi connectivity index (χ0v) is 43.2. The fourth-order valence-electron chi connectivity index (χ4n) is 8.66. The van der Waals surface area contributed by atoms with E-state index in [1.54, 1.807) is 0 Å². The molecular formula is C57H110O6. The van der Waals surface area contributed by atoms with Gasteiger partial charge in [-0.1, -0.05) is 279 Å². The highest BCUT2D eigenvalue weighted by Crippen LogP contribution is 2.18. The second-order valence-electron chi connectivity index (χ2n) is 20.3. The summed E-state index contributed by atoms with van der Waals surface area (Å²) in [4.78, 5) is 38.1. The first-order valence-electron chi connectivity index (χ1n) is 28.3. The molecular weight excluding hydrogens is 781 g/mol. The van der Waals surface area contributed by atoms with Crippen molar-refractivity contribution < 1.29 is 28.6 Å². The summed E-state index contributed by atoms with van der Waals surface area (Å²) >= 11 is 0. The summed E-state index contributed by atoms with van der Waals surface area (Å²) in [5, 5.41) is 0. The van der Waals surface area contributed by atoms with Gasteiger partial charge in [0.2, 0.25) is 0 Å². The maximum atomic E-state index is 12.8. The Morgan fingerprint density at radius 3 is 0.905 bits per heavy atom. The molecule has 0 bridgehead atoms. The Kier molecular flexibility index (Phi) is 48.6. The van der Waals surface area contributed by atoms with Gasteiger partial charge in [0, 0.05) is 19.3 Å². The van der Waals surface area contributed by atoms with Crippen LogP contribution in [0.2, 0.25) is 0 Å². The molecule has 0 saturated heterocycles. The molecule has 0 fully saturated rings. The molecule has 0 N–H and O–H groups in total. The minimum atomic E-state index is -0.762. The van der Waals surface area contributed by atoms with Gasteiger partial charge in [0.15, 0.2) is 6.10 Å². The Labute approximate surface area is 393 Å². The molecule has 374 valence electrons. The van der Waals surface area contributed by atoms with Crippen molar-refractivity contribution in [1.29, 1.82) is 0 Å². The molecule has 0 rings (SSSR count). The molecule has 0 aromatic carbocycles. The first kappa shape index (κ1) is 61.4. The molecule has 63 heavy (non-hydrogen) atoms. The summed E-state index contributed by atoms with van der Waals surface area (Å²) in [6.07, 6.45) is 52.2. The maximum absolute atomic E-state index is 12.8. The fraction of sp³-hybridized carbons (Fsp3) is 0.947. The highest BCUT2D eigenvalue weighted by atomic mass is 16.6. The van der Waals surface area contributed by atoms with Crippen LogP contribution < -0.4 is 0 Å².